The first-order valence-electron chi connectivity index (χ1n) is 6.81. The van der Waals surface area contributed by atoms with Crippen molar-refractivity contribution >= 4 is 33.4 Å². The molecular formula is C16H18FNO2S. The van der Waals surface area contributed by atoms with Crippen molar-refractivity contribution in [3.05, 3.63) is 35.0 Å². The highest BCUT2D eigenvalue weighted by molar-refractivity contribution is 7.20. The second-order valence-corrected chi connectivity index (χ2v) is 6.31. The van der Waals surface area contributed by atoms with Crippen LogP contribution < -0.4 is 0 Å². The molecule has 0 saturated heterocycles. The number of Topliss-reactive ketones (excluding diaryl/α,β-unsaturated/α-hetero) is 1. The Morgan fingerprint density at radius 2 is 2.24 bits per heavy atom. The molecule has 1 aromatic heterocycles. The van der Waals surface area contributed by atoms with Gasteiger partial charge in [0.15, 0.2) is 5.78 Å². The van der Waals surface area contributed by atoms with Gasteiger partial charge in [-0.1, -0.05) is 0 Å². The molecule has 0 bridgehead atoms. The monoisotopic (exact) mass is 307 g/mol. The number of rotatable bonds is 7. The highest BCUT2D eigenvalue weighted by atomic mass is 32.1. The van der Waals surface area contributed by atoms with Crippen LogP contribution in [0.15, 0.2) is 24.3 Å². The molecule has 2 aromatic rings. The Bertz CT molecular complexity index is 667. The van der Waals surface area contributed by atoms with Crippen molar-refractivity contribution in [3.63, 3.8) is 0 Å². The van der Waals surface area contributed by atoms with Crippen molar-refractivity contribution in [1.82, 2.24) is 0 Å². The minimum absolute atomic E-state index is 0.0546. The Labute approximate surface area is 127 Å². The number of carbonyl (C=O) groups is 1. The van der Waals surface area contributed by atoms with Crippen LogP contribution in [0.25, 0.3) is 10.1 Å². The lowest BCUT2D eigenvalue weighted by Crippen LogP contribution is -2.33. The third-order valence-electron chi connectivity index (χ3n) is 3.43. The van der Waals surface area contributed by atoms with Crippen molar-refractivity contribution in [3.8, 4) is 0 Å². The van der Waals surface area contributed by atoms with Crippen LogP contribution in [0, 0.1) is 16.6 Å². The van der Waals surface area contributed by atoms with Gasteiger partial charge in [-0.05, 0) is 56.1 Å². The van der Waals surface area contributed by atoms with Gasteiger partial charge in [-0.25, -0.2) is 4.39 Å². The van der Waals surface area contributed by atoms with Gasteiger partial charge >= 0.3 is 0 Å². The number of hydrogen-bond acceptors (Lipinski definition) is 4. The van der Waals surface area contributed by atoms with Crippen LogP contribution in [0.4, 0.5) is 4.39 Å². The fourth-order valence-electron chi connectivity index (χ4n) is 2.19. The summed E-state index contributed by atoms with van der Waals surface area (Å²) in [6.07, 6.45) is 1.57. The molecule has 0 aliphatic carbocycles. The maximum absolute atomic E-state index is 13.2. The first-order chi connectivity index (χ1) is 10.00. The van der Waals surface area contributed by atoms with Crippen molar-refractivity contribution in [1.29, 1.82) is 5.41 Å². The van der Waals surface area contributed by atoms with E-state index in [0.29, 0.717) is 17.9 Å². The maximum atomic E-state index is 13.2. The van der Waals surface area contributed by atoms with Gasteiger partial charge in [-0.3, -0.25) is 4.79 Å². The number of ketones is 1. The van der Waals surface area contributed by atoms with Crippen molar-refractivity contribution in [2.24, 2.45) is 5.41 Å². The molecule has 0 amide bonds. The zero-order valence-corrected chi connectivity index (χ0v) is 12.9. The number of hydrogen-bond donors (Lipinski definition) is 1. The van der Waals surface area contributed by atoms with E-state index in [2.05, 4.69) is 0 Å². The Hall–Kier alpha value is -1.59. The fraction of sp³-hybridized carbons (Fsp3) is 0.375. The fourth-order valence-corrected chi connectivity index (χ4v) is 3.33. The third-order valence-corrected chi connectivity index (χ3v) is 4.54. The minimum Gasteiger partial charge on any atom is -0.381 e. The summed E-state index contributed by atoms with van der Waals surface area (Å²) in [4.78, 5) is 13.3. The number of fused-ring (bicyclic) bond motifs is 1. The lowest BCUT2D eigenvalue weighted by Gasteiger charge is -2.25. The number of ether oxygens (including phenoxy) is 1. The van der Waals surface area contributed by atoms with Crippen LogP contribution in [0.1, 0.15) is 29.9 Å². The topological polar surface area (TPSA) is 50.1 Å². The van der Waals surface area contributed by atoms with Crippen LogP contribution >= 0.6 is 11.3 Å². The minimum atomic E-state index is -0.753. The van der Waals surface area contributed by atoms with E-state index in [1.807, 2.05) is 6.92 Å². The molecule has 1 N–H and O–H groups in total. The van der Waals surface area contributed by atoms with Crippen LogP contribution in [0.3, 0.4) is 0 Å². The van der Waals surface area contributed by atoms with E-state index in [-0.39, 0.29) is 18.2 Å². The van der Waals surface area contributed by atoms with Gasteiger partial charge in [-0.15, -0.1) is 11.3 Å². The predicted molar refractivity (Wildman–Crippen MR) is 84.1 cm³/mol. The van der Waals surface area contributed by atoms with Gasteiger partial charge in [0.05, 0.1) is 16.9 Å². The number of nitrogens with one attached hydrogen (secondary N) is 1. The van der Waals surface area contributed by atoms with Crippen molar-refractivity contribution in [2.75, 3.05) is 13.2 Å². The average Bonchev–Trinajstić information content (AvgIpc) is 2.87. The highest BCUT2D eigenvalue weighted by Gasteiger charge is 2.34. The summed E-state index contributed by atoms with van der Waals surface area (Å²) in [5.74, 6) is -0.364. The molecule has 0 fully saturated rings. The maximum Gasteiger partial charge on any atom is 0.181 e. The second kappa shape index (κ2) is 6.45. The predicted octanol–water partition coefficient (Wildman–Crippen LogP) is 4.31. The molecule has 1 aromatic carbocycles. The zero-order valence-electron chi connectivity index (χ0n) is 12.1. The Morgan fingerprint density at radius 3 is 2.90 bits per heavy atom. The normalized spacial score (nSPS) is 14.0. The van der Waals surface area contributed by atoms with Crippen LogP contribution in [0.5, 0.6) is 0 Å². The first kappa shape index (κ1) is 15.8. The van der Waals surface area contributed by atoms with Gasteiger partial charge in [0.25, 0.3) is 0 Å². The molecular weight excluding hydrogens is 289 g/mol. The molecule has 1 unspecified atom stereocenters. The van der Waals surface area contributed by atoms with E-state index in [1.54, 1.807) is 19.1 Å². The summed E-state index contributed by atoms with van der Waals surface area (Å²) < 4.78 is 19.5. The Balaban J connectivity index is 2.35. The molecule has 1 heterocycles. The number of thiophene rings is 1. The molecule has 1 atom stereocenters. The summed E-state index contributed by atoms with van der Waals surface area (Å²) in [6, 6.07) is 6.23. The van der Waals surface area contributed by atoms with E-state index >= 15 is 0 Å². The molecule has 2 rings (SSSR count). The largest absolute Gasteiger partial charge is 0.381 e. The summed E-state index contributed by atoms with van der Waals surface area (Å²) in [7, 11) is 0. The van der Waals surface area contributed by atoms with E-state index < -0.39 is 5.41 Å². The molecule has 112 valence electrons. The Morgan fingerprint density at radius 1 is 1.48 bits per heavy atom. The molecule has 5 heteroatoms. The number of carbonyl (C=O) groups excluding carboxylic acids is 1. The second-order valence-electron chi connectivity index (χ2n) is 5.23. The van der Waals surface area contributed by atoms with Gasteiger partial charge < -0.3 is 10.1 Å². The van der Waals surface area contributed by atoms with E-state index in [1.165, 1.54) is 29.7 Å². The molecule has 0 aliphatic heterocycles. The third kappa shape index (κ3) is 3.36. The molecule has 3 nitrogen and oxygen atoms in total. The Kier molecular flexibility index (Phi) is 4.85. The van der Waals surface area contributed by atoms with E-state index in [9.17, 15) is 9.18 Å². The molecule has 21 heavy (non-hydrogen) atoms. The zero-order chi connectivity index (χ0) is 15.5. The first-order valence-corrected chi connectivity index (χ1v) is 7.62. The summed E-state index contributed by atoms with van der Waals surface area (Å²) in [5, 5.41) is 8.04. The van der Waals surface area contributed by atoms with Gasteiger partial charge in [0, 0.05) is 11.3 Å². The van der Waals surface area contributed by atoms with Gasteiger partial charge in [0.2, 0.25) is 0 Å². The average molecular weight is 307 g/mol. The number of benzene rings is 1. The molecule has 0 spiro atoms. The molecule has 0 saturated carbocycles. The van der Waals surface area contributed by atoms with Crippen molar-refractivity contribution < 1.29 is 13.9 Å². The van der Waals surface area contributed by atoms with E-state index in [4.69, 9.17) is 10.1 Å². The summed E-state index contributed by atoms with van der Waals surface area (Å²) in [6.45, 7) is 4.48. The molecule has 0 radical (unpaired) electrons. The van der Waals surface area contributed by atoms with E-state index in [0.717, 1.165) is 10.1 Å². The number of halogens is 1. The highest BCUT2D eigenvalue weighted by Crippen LogP contribution is 2.33. The van der Waals surface area contributed by atoms with Crippen LogP contribution in [-0.4, -0.2) is 25.2 Å². The summed E-state index contributed by atoms with van der Waals surface area (Å²) in [5.41, 5.74) is -0.753. The SMILES string of the molecule is CCOCC(C)(CC=N)C(=O)c1cc2cc(F)ccc2s1. The molecule has 0 aliphatic rings. The van der Waals surface area contributed by atoms with Gasteiger partial charge in [0.1, 0.15) is 5.82 Å². The quantitative estimate of drug-likeness (QED) is 0.612. The van der Waals surface area contributed by atoms with Gasteiger partial charge in [-0.2, -0.15) is 0 Å². The van der Waals surface area contributed by atoms with Crippen LogP contribution in [0.2, 0.25) is 0 Å². The smallest absolute Gasteiger partial charge is 0.181 e. The lowest BCUT2D eigenvalue weighted by molar-refractivity contribution is 0.0491. The van der Waals surface area contributed by atoms with Crippen molar-refractivity contribution in [2.45, 2.75) is 20.3 Å². The summed E-state index contributed by atoms with van der Waals surface area (Å²) >= 11 is 1.35. The standard InChI is InChI=1S/C16H18FNO2S/c1-3-20-10-16(2,6-7-18)15(19)14-9-11-8-12(17)4-5-13(11)21-14/h4-5,7-9,18H,3,6,10H2,1-2H3. The van der Waals surface area contributed by atoms with Crippen LogP contribution in [-0.2, 0) is 4.74 Å². The lowest BCUT2D eigenvalue weighted by atomic mass is 9.82.